The summed E-state index contributed by atoms with van der Waals surface area (Å²) in [5.74, 6) is -0.601. The maximum Gasteiger partial charge on any atom is 0.285 e. The molecule has 0 amide bonds. The minimum Gasteiger partial charge on any atom is -0.261 e. The first-order valence-corrected chi connectivity index (χ1v) is 11.1. The average Bonchev–Trinajstić information content (AvgIpc) is 3.14. The van der Waals surface area contributed by atoms with Crippen LogP contribution in [0.4, 0.5) is 21.5 Å². The lowest BCUT2D eigenvalue weighted by atomic mass is 10.0. The van der Waals surface area contributed by atoms with Gasteiger partial charge in [0.05, 0.1) is 38.6 Å². The highest BCUT2D eigenvalue weighted by molar-refractivity contribution is 7.92. The molecule has 33 heavy (non-hydrogen) atoms. The van der Waals surface area contributed by atoms with Crippen LogP contribution in [0.2, 0.25) is 0 Å². The molecule has 0 aromatic heterocycles. The molecule has 0 radical (unpaired) electrons. The summed E-state index contributed by atoms with van der Waals surface area (Å²) in [5.41, 5.74) is -0.515. The van der Waals surface area contributed by atoms with Crippen molar-refractivity contribution in [1.82, 2.24) is 0 Å². The number of aryl methyl sites for hydroxylation is 1. The van der Waals surface area contributed by atoms with Crippen molar-refractivity contribution in [3.05, 3.63) is 103 Å². The zero-order chi connectivity index (χ0) is 23.9. The van der Waals surface area contributed by atoms with E-state index < -0.39 is 37.1 Å². The number of nitrogens with zero attached hydrogens (tertiary/aromatic N) is 3. The van der Waals surface area contributed by atoms with E-state index in [4.69, 9.17) is 0 Å². The molecular weight excluding hydrogens is 453 g/mol. The number of non-ortho nitro benzene ring substituents is 1. The molecule has 0 saturated heterocycles. The number of hydrogen-bond donors (Lipinski definition) is 0. The van der Waals surface area contributed by atoms with Crippen LogP contribution in [0.15, 0.2) is 65.6 Å². The number of sulfonamides is 1. The second-order valence-corrected chi connectivity index (χ2v) is 9.25. The van der Waals surface area contributed by atoms with Gasteiger partial charge in [-0.15, -0.1) is 0 Å². The SMILES string of the molecule is Cc1ccc(S(=O)(=O)N2CC(=Cc3ccccc3F)c3c2cc([N+](=O)[O-])cc3[N+](=O)[O-])cc1. The van der Waals surface area contributed by atoms with Crippen LogP contribution in [0.3, 0.4) is 0 Å². The van der Waals surface area contributed by atoms with Crippen molar-refractivity contribution in [2.45, 2.75) is 11.8 Å². The first kappa shape index (κ1) is 22.1. The summed E-state index contributed by atoms with van der Waals surface area (Å²) in [6, 6.07) is 13.4. The molecule has 0 saturated carbocycles. The van der Waals surface area contributed by atoms with Gasteiger partial charge in [0, 0.05) is 11.6 Å². The van der Waals surface area contributed by atoms with Crippen molar-refractivity contribution in [3.8, 4) is 0 Å². The molecule has 3 aromatic rings. The number of hydrogen-bond acceptors (Lipinski definition) is 6. The third kappa shape index (κ3) is 3.94. The number of anilines is 1. The lowest BCUT2D eigenvalue weighted by Gasteiger charge is -2.19. The van der Waals surface area contributed by atoms with Crippen LogP contribution in [-0.2, 0) is 10.0 Å². The minimum atomic E-state index is -4.24. The summed E-state index contributed by atoms with van der Waals surface area (Å²) >= 11 is 0. The minimum absolute atomic E-state index is 0.0830. The number of nitro groups is 2. The molecule has 1 aliphatic rings. The first-order valence-electron chi connectivity index (χ1n) is 9.61. The van der Waals surface area contributed by atoms with Gasteiger partial charge in [0.2, 0.25) is 0 Å². The Hall–Kier alpha value is -4.12. The predicted octanol–water partition coefficient (Wildman–Crippen LogP) is 4.70. The second kappa shape index (κ2) is 8.10. The van der Waals surface area contributed by atoms with E-state index in [9.17, 15) is 33.0 Å². The number of fused-ring (bicyclic) bond motifs is 1. The molecule has 3 aromatic carbocycles. The van der Waals surface area contributed by atoms with Gasteiger partial charge in [-0.2, -0.15) is 0 Å². The van der Waals surface area contributed by atoms with Crippen LogP contribution in [0.25, 0.3) is 11.6 Å². The summed E-state index contributed by atoms with van der Waals surface area (Å²) < 4.78 is 42.0. The zero-order valence-electron chi connectivity index (χ0n) is 17.1. The average molecular weight is 469 g/mol. The fraction of sp³-hybridized carbons (Fsp3) is 0.0909. The maximum absolute atomic E-state index is 14.3. The van der Waals surface area contributed by atoms with Crippen molar-refractivity contribution < 1.29 is 22.7 Å². The molecule has 0 unspecified atom stereocenters. The summed E-state index contributed by atoms with van der Waals surface area (Å²) in [5, 5.41) is 23.2. The van der Waals surface area contributed by atoms with Crippen molar-refractivity contribution in [1.29, 1.82) is 0 Å². The Bertz CT molecular complexity index is 1430. The molecule has 0 atom stereocenters. The van der Waals surface area contributed by atoms with Crippen LogP contribution >= 0.6 is 0 Å². The van der Waals surface area contributed by atoms with Crippen molar-refractivity contribution >= 4 is 38.7 Å². The molecule has 0 bridgehead atoms. The Balaban J connectivity index is 1.99. The van der Waals surface area contributed by atoms with Gasteiger partial charge in [-0.1, -0.05) is 35.9 Å². The van der Waals surface area contributed by atoms with E-state index in [1.807, 2.05) is 0 Å². The van der Waals surface area contributed by atoms with E-state index in [0.29, 0.717) is 0 Å². The van der Waals surface area contributed by atoms with Gasteiger partial charge in [-0.3, -0.25) is 24.5 Å². The Kier molecular flexibility index (Phi) is 5.42. The lowest BCUT2D eigenvalue weighted by Crippen LogP contribution is -2.29. The quantitative estimate of drug-likeness (QED) is 0.394. The van der Waals surface area contributed by atoms with Gasteiger partial charge >= 0.3 is 0 Å². The third-order valence-electron chi connectivity index (χ3n) is 5.24. The van der Waals surface area contributed by atoms with Gasteiger partial charge < -0.3 is 0 Å². The number of benzene rings is 3. The molecule has 1 heterocycles. The number of rotatable bonds is 5. The first-order chi connectivity index (χ1) is 15.6. The third-order valence-corrected chi connectivity index (χ3v) is 7.01. The van der Waals surface area contributed by atoms with E-state index in [2.05, 4.69) is 0 Å². The molecule has 0 N–H and O–H groups in total. The van der Waals surface area contributed by atoms with Gasteiger partial charge in [0.25, 0.3) is 21.4 Å². The molecule has 11 heteroatoms. The van der Waals surface area contributed by atoms with Crippen LogP contribution in [-0.4, -0.2) is 24.8 Å². The Labute approximate surface area is 187 Å². The molecule has 1 aliphatic heterocycles. The number of nitro benzene ring substituents is 2. The highest BCUT2D eigenvalue weighted by atomic mass is 32.2. The molecule has 0 spiro atoms. The smallest absolute Gasteiger partial charge is 0.261 e. The van der Waals surface area contributed by atoms with E-state index >= 15 is 0 Å². The monoisotopic (exact) mass is 469 g/mol. The van der Waals surface area contributed by atoms with Crippen LogP contribution < -0.4 is 4.31 Å². The van der Waals surface area contributed by atoms with Crippen molar-refractivity contribution in [2.75, 3.05) is 10.8 Å². The van der Waals surface area contributed by atoms with Crippen LogP contribution in [0, 0.1) is 33.0 Å². The summed E-state index contributed by atoms with van der Waals surface area (Å²) in [4.78, 5) is 21.5. The molecular formula is C22H16FN3O6S. The topological polar surface area (TPSA) is 124 Å². The highest BCUT2D eigenvalue weighted by Gasteiger charge is 2.40. The summed E-state index contributed by atoms with van der Waals surface area (Å²) in [7, 11) is -4.24. The zero-order valence-corrected chi connectivity index (χ0v) is 18.0. The normalized spacial score (nSPS) is 14.4. The Morgan fingerprint density at radius 1 is 1.00 bits per heavy atom. The molecule has 4 rings (SSSR count). The predicted molar refractivity (Wildman–Crippen MR) is 120 cm³/mol. The van der Waals surface area contributed by atoms with Gasteiger partial charge in [-0.25, -0.2) is 12.8 Å². The Morgan fingerprint density at radius 3 is 2.27 bits per heavy atom. The molecule has 0 aliphatic carbocycles. The van der Waals surface area contributed by atoms with E-state index in [-0.39, 0.29) is 33.8 Å². The largest absolute Gasteiger partial charge is 0.285 e. The fourth-order valence-corrected chi connectivity index (χ4v) is 5.09. The molecule has 168 valence electrons. The Morgan fingerprint density at radius 2 is 1.67 bits per heavy atom. The second-order valence-electron chi connectivity index (χ2n) is 7.39. The summed E-state index contributed by atoms with van der Waals surface area (Å²) in [6.45, 7) is 1.42. The lowest BCUT2D eigenvalue weighted by molar-refractivity contribution is -0.394. The molecule has 0 fully saturated rings. The summed E-state index contributed by atoms with van der Waals surface area (Å²) in [6.07, 6.45) is 1.32. The van der Waals surface area contributed by atoms with Gasteiger partial charge in [0.15, 0.2) is 0 Å². The van der Waals surface area contributed by atoms with Crippen LogP contribution in [0.1, 0.15) is 16.7 Å². The van der Waals surface area contributed by atoms with Crippen molar-refractivity contribution in [3.63, 3.8) is 0 Å². The highest BCUT2D eigenvalue weighted by Crippen LogP contribution is 2.47. The molecule has 9 nitrogen and oxygen atoms in total. The maximum atomic E-state index is 14.3. The van der Waals surface area contributed by atoms with Gasteiger partial charge in [-0.05, 0) is 36.8 Å². The van der Waals surface area contributed by atoms with E-state index in [1.165, 1.54) is 36.4 Å². The standard InChI is InChI=1S/C22H16FN3O6S/c1-14-6-8-18(9-7-14)33(31,32)24-13-16(10-15-4-2-3-5-19(15)23)22-20(24)11-17(25(27)28)12-21(22)26(29)30/h2-12H,13H2,1H3. The van der Waals surface area contributed by atoms with Crippen molar-refractivity contribution in [2.24, 2.45) is 0 Å². The van der Waals surface area contributed by atoms with Crippen LogP contribution in [0.5, 0.6) is 0 Å². The van der Waals surface area contributed by atoms with E-state index in [0.717, 1.165) is 22.0 Å². The van der Waals surface area contributed by atoms with E-state index in [1.54, 1.807) is 25.1 Å². The fourth-order valence-electron chi connectivity index (χ4n) is 3.64. The van der Waals surface area contributed by atoms with Gasteiger partial charge in [0.1, 0.15) is 5.82 Å². The number of halogens is 1.